The molecule has 1 aliphatic heterocycles. The van der Waals surface area contributed by atoms with Crippen LogP contribution in [0.1, 0.15) is 23.3 Å². The van der Waals surface area contributed by atoms with E-state index in [1.54, 1.807) is 4.90 Å². The summed E-state index contributed by atoms with van der Waals surface area (Å²) in [7, 11) is 0. The minimum absolute atomic E-state index is 0.227. The van der Waals surface area contributed by atoms with Crippen LogP contribution in [0.3, 0.4) is 0 Å². The number of amides is 1. The zero-order valence-electron chi connectivity index (χ0n) is 11.2. The van der Waals surface area contributed by atoms with Gasteiger partial charge in [-0.05, 0) is 24.3 Å². The molecule has 6 nitrogen and oxygen atoms in total. The van der Waals surface area contributed by atoms with Gasteiger partial charge in [0.2, 0.25) is 0 Å². The Balaban J connectivity index is 1.83. The van der Waals surface area contributed by atoms with Gasteiger partial charge in [0.05, 0.1) is 10.8 Å². The number of hydrogen-bond donors (Lipinski definition) is 1. The Bertz CT molecular complexity index is 650. The van der Waals surface area contributed by atoms with Gasteiger partial charge >= 0.3 is 5.97 Å². The Labute approximate surface area is 125 Å². The van der Waals surface area contributed by atoms with E-state index in [0.717, 1.165) is 4.88 Å². The van der Waals surface area contributed by atoms with Crippen LogP contribution in [0.25, 0.3) is 10.6 Å². The minimum Gasteiger partial charge on any atom is -0.481 e. The Morgan fingerprint density at radius 1 is 1.48 bits per heavy atom. The first-order chi connectivity index (χ1) is 10.2. The van der Waals surface area contributed by atoms with Crippen LogP contribution < -0.4 is 0 Å². The molecule has 1 N–H and O–H groups in total. The van der Waals surface area contributed by atoms with Gasteiger partial charge in [0, 0.05) is 13.1 Å². The molecule has 2 aromatic heterocycles. The zero-order valence-corrected chi connectivity index (χ0v) is 12.0. The number of hydrogen-bond acceptors (Lipinski definition) is 5. The molecule has 1 amide bonds. The predicted octanol–water partition coefficient (Wildman–Crippen LogP) is 2.34. The molecule has 110 valence electrons. The lowest BCUT2D eigenvalue weighted by Gasteiger charge is -2.30. The highest BCUT2D eigenvalue weighted by atomic mass is 32.1. The largest absolute Gasteiger partial charge is 0.481 e. The van der Waals surface area contributed by atoms with Crippen LogP contribution in [0, 0.1) is 5.92 Å². The second-order valence-corrected chi connectivity index (χ2v) is 5.88. The molecular weight excluding hydrogens is 292 g/mol. The fourth-order valence-corrected chi connectivity index (χ4v) is 3.21. The number of likely N-dealkylation sites (tertiary alicyclic amines) is 1. The number of rotatable bonds is 3. The van der Waals surface area contributed by atoms with Crippen LogP contribution in [0.5, 0.6) is 0 Å². The van der Waals surface area contributed by atoms with Gasteiger partial charge in [0.1, 0.15) is 0 Å². The summed E-state index contributed by atoms with van der Waals surface area (Å²) in [5.74, 6) is -1.17. The van der Waals surface area contributed by atoms with Crippen molar-refractivity contribution in [2.45, 2.75) is 12.8 Å². The number of oxazole rings is 1. The number of carbonyl (C=O) groups is 2. The van der Waals surface area contributed by atoms with Crippen LogP contribution in [0.2, 0.25) is 0 Å². The lowest BCUT2D eigenvalue weighted by Crippen LogP contribution is -2.42. The number of aromatic nitrogens is 1. The van der Waals surface area contributed by atoms with Crippen molar-refractivity contribution in [2.24, 2.45) is 5.92 Å². The van der Waals surface area contributed by atoms with Gasteiger partial charge in [0.15, 0.2) is 17.8 Å². The zero-order chi connectivity index (χ0) is 14.8. The molecule has 21 heavy (non-hydrogen) atoms. The first-order valence-electron chi connectivity index (χ1n) is 6.66. The van der Waals surface area contributed by atoms with Crippen molar-refractivity contribution in [3.05, 3.63) is 29.6 Å². The van der Waals surface area contributed by atoms with Gasteiger partial charge in [-0.25, -0.2) is 4.98 Å². The van der Waals surface area contributed by atoms with E-state index in [4.69, 9.17) is 9.52 Å². The van der Waals surface area contributed by atoms with Crippen molar-refractivity contribution >= 4 is 23.2 Å². The third kappa shape index (κ3) is 2.69. The molecule has 7 heteroatoms. The third-order valence-corrected chi connectivity index (χ3v) is 4.44. The monoisotopic (exact) mass is 306 g/mol. The van der Waals surface area contributed by atoms with Crippen molar-refractivity contribution in [3.8, 4) is 10.6 Å². The minimum atomic E-state index is -0.855. The van der Waals surface area contributed by atoms with Crippen molar-refractivity contribution in [1.29, 1.82) is 0 Å². The van der Waals surface area contributed by atoms with Crippen LogP contribution in [-0.2, 0) is 4.79 Å². The smallest absolute Gasteiger partial charge is 0.308 e. The molecule has 0 aromatic carbocycles. The van der Waals surface area contributed by atoms with Crippen molar-refractivity contribution < 1.29 is 19.1 Å². The Morgan fingerprint density at radius 2 is 2.33 bits per heavy atom. The van der Waals surface area contributed by atoms with Crippen LogP contribution >= 0.6 is 11.3 Å². The summed E-state index contributed by atoms with van der Waals surface area (Å²) in [5, 5.41) is 11.0. The predicted molar refractivity (Wildman–Crippen MR) is 76.1 cm³/mol. The molecule has 0 unspecified atom stereocenters. The van der Waals surface area contributed by atoms with Gasteiger partial charge in [-0.1, -0.05) is 6.07 Å². The molecule has 2 aromatic rings. The molecule has 1 atom stereocenters. The molecule has 1 fully saturated rings. The number of thiophene rings is 1. The maximum absolute atomic E-state index is 12.6. The fraction of sp³-hybridized carbons (Fsp3) is 0.357. The first-order valence-corrected chi connectivity index (χ1v) is 7.54. The summed E-state index contributed by atoms with van der Waals surface area (Å²) in [6.07, 6.45) is 2.55. The maximum atomic E-state index is 12.6. The van der Waals surface area contributed by atoms with E-state index in [1.807, 2.05) is 17.5 Å². The number of carboxylic acids is 1. The van der Waals surface area contributed by atoms with Gasteiger partial charge in [-0.3, -0.25) is 9.59 Å². The summed E-state index contributed by atoms with van der Waals surface area (Å²) >= 11 is 1.47. The Morgan fingerprint density at radius 3 is 3.05 bits per heavy atom. The van der Waals surface area contributed by atoms with E-state index >= 15 is 0 Å². The molecule has 0 saturated carbocycles. The molecule has 0 aliphatic carbocycles. The summed E-state index contributed by atoms with van der Waals surface area (Å²) in [6.45, 7) is 0.782. The summed E-state index contributed by atoms with van der Waals surface area (Å²) in [6, 6.07) is 3.73. The number of piperidine rings is 1. The highest BCUT2D eigenvalue weighted by molar-refractivity contribution is 7.13. The van der Waals surface area contributed by atoms with Gasteiger partial charge < -0.3 is 14.4 Å². The number of aliphatic carboxylic acids is 1. The molecule has 0 bridgehead atoms. The van der Waals surface area contributed by atoms with Gasteiger partial charge in [-0.2, -0.15) is 0 Å². The average molecular weight is 306 g/mol. The van der Waals surface area contributed by atoms with E-state index in [2.05, 4.69) is 4.98 Å². The topological polar surface area (TPSA) is 83.6 Å². The molecule has 3 heterocycles. The standard InChI is InChI=1S/C14H14N2O4S/c17-13(16-5-1-3-9(7-16)14(18)19)11-12(20-8-15-11)10-4-2-6-21-10/h2,4,6,8-9H,1,3,5,7H2,(H,18,19)/t9-/m1/s1. The van der Waals surface area contributed by atoms with E-state index in [1.165, 1.54) is 17.7 Å². The first kappa shape index (κ1) is 13.8. The van der Waals surface area contributed by atoms with Crippen LogP contribution in [-0.4, -0.2) is 40.0 Å². The summed E-state index contributed by atoms with van der Waals surface area (Å²) < 4.78 is 5.33. The second-order valence-electron chi connectivity index (χ2n) is 4.94. The van der Waals surface area contributed by atoms with Crippen molar-refractivity contribution in [2.75, 3.05) is 13.1 Å². The van der Waals surface area contributed by atoms with E-state index < -0.39 is 11.9 Å². The number of carboxylic acid groups (broad SMARTS) is 1. The van der Waals surface area contributed by atoms with E-state index in [9.17, 15) is 9.59 Å². The Kier molecular flexibility index (Phi) is 3.74. The normalized spacial score (nSPS) is 18.7. The summed E-state index contributed by atoms with van der Waals surface area (Å²) in [5.41, 5.74) is 0.253. The van der Waals surface area contributed by atoms with Gasteiger partial charge in [0.25, 0.3) is 5.91 Å². The van der Waals surface area contributed by atoms with E-state index in [-0.39, 0.29) is 18.1 Å². The highest BCUT2D eigenvalue weighted by Gasteiger charge is 2.31. The van der Waals surface area contributed by atoms with Crippen molar-refractivity contribution in [1.82, 2.24) is 9.88 Å². The molecule has 0 radical (unpaired) electrons. The highest BCUT2D eigenvalue weighted by Crippen LogP contribution is 2.29. The molecule has 0 spiro atoms. The summed E-state index contributed by atoms with van der Waals surface area (Å²) in [4.78, 5) is 30.1. The van der Waals surface area contributed by atoms with Crippen LogP contribution in [0.15, 0.2) is 28.3 Å². The quantitative estimate of drug-likeness (QED) is 0.941. The average Bonchev–Trinajstić information content (AvgIpc) is 3.17. The molecule has 3 rings (SSSR count). The van der Waals surface area contributed by atoms with E-state index in [0.29, 0.717) is 25.1 Å². The lowest BCUT2D eigenvalue weighted by molar-refractivity contribution is -0.143. The van der Waals surface area contributed by atoms with Crippen LogP contribution in [0.4, 0.5) is 0 Å². The fourth-order valence-electron chi connectivity index (χ4n) is 2.49. The van der Waals surface area contributed by atoms with Crippen molar-refractivity contribution in [3.63, 3.8) is 0 Å². The molecule has 1 saturated heterocycles. The number of nitrogens with zero attached hydrogens (tertiary/aromatic N) is 2. The lowest BCUT2D eigenvalue weighted by atomic mass is 9.98. The molecule has 1 aliphatic rings. The molecular formula is C14H14N2O4S. The number of carbonyl (C=O) groups excluding carboxylic acids is 1. The Hall–Kier alpha value is -2.15. The SMILES string of the molecule is O=C(O)[C@@H]1CCCN(C(=O)c2ncoc2-c2cccs2)C1. The van der Waals surface area contributed by atoms with Gasteiger partial charge in [-0.15, -0.1) is 11.3 Å². The maximum Gasteiger partial charge on any atom is 0.308 e. The third-order valence-electron chi connectivity index (χ3n) is 3.57. The second kappa shape index (κ2) is 5.69.